The Kier molecular flexibility index (Phi) is 36.8. The van der Waals surface area contributed by atoms with Crippen LogP contribution in [0.3, 0.4) is 0 Å². The fraction of sp³-hybridized carbons (Fsp3) is 0.947. The number of esters is 1. The first kappa shape index (κ1) is 49.6. The van der Waals surface area contributed by atoms with Gasteiger partial charge in [-0.15, -0.1) is 0 Å². The van der Waals surface area contributed by atoms with Gasteiger partial charge in [0.05, 0.1) is 6.61 Å². The van der Waals surface area contributed by atoms with Crippen LogP contribution >= 0.6 is 0 Å². The van der Waals surface area contributed by atoms with Crippen LogP contribution in [-0.2, 0) is 24.4 Å². The minimum absolute atomic E-state index is 0. The van der Waals surface area contributed by atoms with Crippen LogP contribution in [0.2, 0.25) is 0 Å². The topological polar surface area (TPSA) is 121 Å². The van der Waals surface area contributed by atoms with Crippen molar-refractivity contribution in [2.75, 3.05) is 6.61 Å². The molecule has 0 fully saturated rings. The van der Waals surface area contributed by atoms with E-state index >= 15 is 0 Å². The van der Waals surface area contributed by atoms with Gasteiger partial charge in [-0.05, 0) is 12.8 Å². The predicted octanol–water partition coefficient (Wildman–Crippen LogP) is 7.43. The molecule has 0 saturated heterocycles. The summed E-state index contributed by atoms with van der Waals surface area (Å²) < 4.78 is 37.4. The zero-order chi connectivity index (χ0) is 34.2. The molecular weight excluding hydrogens is 640 g/mol. The van der Waals surface area contributed by atoms with Crippen molar-refractivity contribution in [3.63, 3.8) is 0 Å². The van der Waals surface area contributed by atoms with Gasteiger partial charge in [-0.1, -0.05) is 200 Å². The van der Waals surface area contributed by atoms with Gasteiger partial charge < -0.3 is 14.6 Å². The number of rotatable bonds is 36. The average Bonchev–Trinajstić information content (AvgIpc) is 3.01. The van der Waals surface area contributed by atoms with Crippen molar-refractivity contribution in [1.29, 1.82) is 0 Å². The summed E-state index contributed by atoms with van der Waals surface area (Å²) >= 11 is 0. The van der Waals surface area contributed by atoms with Crippen molar-refractivity contribution in [2.24, 2.45) is 0 Å². The van der Waals surface area contributed by atoms with E-state index in [2.05, 4.69) is 13.8 Å². The molecule has 0 aliphatic carbocycles. The van der Waals surface area contributed by atoms with E-state index in [0.717, 1.165) is 38.5 Å². The Bertz CT molecular complexity index is 821. The van der Waals surface area contributed by atoms with Crippen LogP contribution in [0.1, 0.15) is 219 Å². The van der Waals surface area contributed by atoms with Crippen LogP contribution in [0, 0.1) is 0 Å². The summed E-state index contributed by atoms with van der Waals surface area (Å²) in [5.74, 6) is -2.86. The van der Waals surface area contributed by atoms with Crippen LogP contribution in [-0.4, -0.2) is 36.3 Å². The van der Waals surface area contributed by atoms with E-state index in [4.69, 9.17) is 4.74 Å². The number of hydrogen-bond acceptors (Lipinski definition) is 6. The van der Waals surface area contributed by atoms with Crippen LogP contribution < -0.4 is 56.5 Å². The molecule has 0 radical (unpaired) electrons. The number of carboxylic acids is 1. The Labute approximate surface area is 333 Å². The summed E-state index contributed by atoms with van der Waals surface area (Å²) in [6.45, 7) is 4.50. The van der Waals surface area contributed by atoms with E-state index in [-0.39, 0.29) is 64.4 Å². The van der Waals surface area contributed by atoms with Gasteiger partial charge in [0, 0.05) is 12.4 Å². The largest absolute Gasteiger partial charge is 1.00 e. The maximum Gasteiger partial charge on any atom is 1.00 e. The normalized spacial score (nSPS) is 12.8. The molecule has 0 aromatic rings. The minimum atomic E-state index is -5.01. The molecule has 9 heteroatoms. The second-order valence-corrected chi connectivity index (χ2v) is 15.5. The monoisotopic (exact) mass is 712 g/mol. The van der Waals surface area contributed by atoms with Gasteiger partial charge in [-0.25, -0.2) is 0 Å². The number of hydrogen-bond donors (Lipinski definition) is 1. The van der Waals surface area contributed by atoms with E-state index in [1.165, 1.54) is 135 Å². The zero-order valence-corrected chi connectivity index (χ0v) is 35.1. The number of unbranched alkanes of at least 4 members (excludes halogenated alkanes) is 28. The van der Waals surface area contributed by atoms with Crippen molar-refractivity contribution in [1.82, 2.24) is 0 Å². The Morgan fingerprint density at radius 2 is 0.809 bits per heavy atom. The summed E-state index contributed by atoms with van der Waals surface area (Å²) in [5, 5.41) is 11.5. The van der Waals surface area contributed by atoms with E-state index in [0.29, 0.717) is 19.3 Å². The molecule has 1 unspecified atom stereocenters. The van der Waals surface area contributed by atoms with E-state index < -0.39 is 33.2 Å². The summed E-state index contributed by atoms with van der Waals surface area (Å²) in [6.07, 6.45) is 33.6. The molecule has 0 saturated carbocycles. The van der Waals surface area contributed by atoms with Gasteiger partial charge in [0.25, 0.3) is 10.1 Å². The molecule has 7 nitrogen and oxygen atoms in total. The van der Waals surface area contributed by atoms with Crippen LogP contribution in [0.15, 0.2) is 0 Å². The Morgan fingerprint density at radius 1 is 0.532 bits per heavy atom. The number of carbonyl (C=O) groups excluding carboxylic acids is 2. The molecule has 0 amide bonds. The van der Waals surface area contributed by atoms with Crippen molar-refractivity contribution < 1.29 is 83.8 Å². The standard InChI is InChI=1S/C38H74O7S.K/c1-3-5-7-9-11-13-15-17-19-20-21-23-25-27-29-31-33-38(35-36(39)40,46(42,43)44)37(41)45-34-32-30-28-26-24-22-18-16-14-12-10-8-6-4-2;/h3-35H2,1-2H3,(H,39,40)(H,42,43,44);/q;+1/p-1. The molecule has 0 spiro atoms. The number of carboxylic acid groups (broad SMARTS) is 1. The van der Waals surface area contributed by atoms with Crippen LogP contribution in [0.5, 0.6) is 0 Å². The third kappa shape index (κ3) is 28.8. The predicted molar refractivity (Wildman–Crippen MR) is 189 cm³/mol. The maximum absolute atomic E-state index is 12.9. The fourth-order valence-corrected chi connectivity index (χ4v) is 7.35. The molecule has 1 N–H and O–H groups in total. The van der Waals surface area contributed by atoms with Gasteiger partial charge in [0.15, 0.2) is 4.75 Å². The Balaban J connectivity index is 0. The van der Waals surface area contributed by atoms with Gasteiger partial charge in [0.1, 0.15) is 0 Å². The maximum atomic E-state index is 12.9. The molecule has 0 heterocycles. The molecular formula is C38H73KO7S. The van der Waals surface area contributed by atoms with Gasteiger partial charge in [-0.3, -0.25) is 9.35 Å². The average molecular weight is 713 g/mol. The molecule has 0 bridgehead atoms. The van der Waals surface area contributed by atoms with E-state index in [1.807, 2.05) is 0 Å². The second-order valence-electron chi connectivity index (χ2n) is 13.8. The van der Waals surface area contributed by atoms with Crippen LogP contribution in [0.25, 0.3) is 0 Å². The summed E-state index contributed by atoms with van der Waals surface area (Å²) in [6, 6.07) is 0. The molecule has 274 valence electrons. The van der Waals surface area contributed by atoms with Crippen molar-refractivity contribution in [3.05, 3.63) is 0 Å². The summed E-state index contributed by atoms with van der Waals surface area (Å²) in [4.78, 5) is 24.4. The van der Waals surface area contributed by atoms with Crippen molar-refractivity contribution in [2.45, 2.75) is 224 Å². The minimum Gasteiger partial charge on any atom is -0.550 e. The third-order valence-electron chi connectivity index (χ3n) is 9.46. The Morgan fingerprint density at radius 3 is 1.09 bits per heavy atom. The smallest absolute Gasteiger partial charge is 0.550 e. The van der Waals surface area contributed by atoms with E-state index in [9.17, 15) is 27.7 Å². The molecule has 1 atom stereocenters. The van der Waals surface area contributed by atoms with Gasteiger partial charge in [-0.2, -0.15) is 8.42 Å². The molecule has 0 aromatic heterocycles. The SMILES string of the molecule is CCCCCCCCCCCCCCCCCCC(CC(=O)[O-])(C(=O)OCCCCCCCCCCCCCCCC)S(=O)(=O)O.[K+]. The van der Waals surface area contributed by atoms with Crippen molar-refractivity contribution >= 4 is 22.1 Å². The molecule has 47 heavy (non-hydrogen) atoms. The molecule has 0 aromatic carbocycles. The van der Waals surface area contributed by atoms with Crippen LogP contribution in [0.4, 0.5) is 0 Å². The van der Waals surface area contributed by atoms with Crippen molar-refractivity contribution in [3.8, 4) is 0 Å². The first-order valence-corrected chi connectivity index (χ1v) is 21.0. The van der Waals surface area contributed by atoms with Gasteiger partial charge in [0.2, 0.25) is 0 Å². The molecule has 0 aliphatic rings. The first-order valence-electron chi connectivity index (χ1n) is 19.6. The Hall–Kier alpha value is 0.486. The molecule has 0 rings (SSSR count). The quantitative estimate of drug-likeness (QED) is 0.0310. The zero-order valence-electron chi connectivity index (χ0n) is 31.1. The second kappa shape index (κ2) is 34.9. The fourth-order valence-electron chi connectivity index (χ4n) is 6.37. The van der Waals surface area contributed by atoms with Gasteiger partial charge >= 0.3 is 57.4 Å². The summed E-state index contributed by atoms with van der Waals surface area (Å²) in [5.41, 5.74) is 0. The first-order chi connectivity index (χ1) is 22.2. The number of carbonyl (C=O) groups is 2. The summed E-state index contributed by atoms with van der Waals surface area (Å²) in [7, 11) is -5.01. The van der Waals surface area contributed by atoms with E-state index in [1.54, 1.807) is 0 Å². The molecule has 0 aliphatic heterocycles. The number of ether oxygens (including phenoxy) is 1. The number of aliphatic carboxylic acids is 1. The third-order valence-corrected chi connectivity index (χ3v) is 11.0.